The van der Waals surface area contributed by atoms with Gasteiger partial charge < -0.3 is 14.6 Å². The molecule has 0 radical (unpaired) electrons. The SMILES string of the molecule is CCC[C@H](C)C(=O)O[C@H]1CCC=C2C=C[C@H](C)[C@H](CC[C@@H]3C[C@@H](O)CC(=O)O3)[C@H]21. The average molecular weight is 405 g/mol. The van der Waals surface area contributed by atoms with Crippen LogP contribution in [0.3, 0.4) is 0 Å². The molecule has 1 fully saturated rings. The highest BCUT2D eigenvalue weighted by molar-refractivity contribution is 5.72. The Labute approximate surface area is 174 Å². The Bertz CT molecular complexity index is 652. The minimum Gasteiger partial charge on any atom is -0.462 e. The van der Waals surface area contributed by atoms with E-state index in [2.05, 4.69) is 32.1 Å². The number of aliphatic hydroxyl groups excluding tert-OH is 1. The van der Waals surface area contributed by atoms with Crippen LogP contribution in [0.25, 0.3) is 0 Å². The maximum atomic E-state index is 12.6. The van der Waals surface area contributed by atoms with E-state index >= 15 is 0 Å². The van der Waals surface area contributed by atoms with Gasteiger partial charge in [0.2, 0.25) is 0 Å². The topological polar surface area (TPSA) is 72.8 Å². The number of hydrogen-bond donors (Lipinski definition) is 1. The quantitative estimate of drug-likeness (QED) is 0.639. The number of carbonyl (C=O) groups is 2. The molecule has 0 bridgehead atoms. The molecule has 3 rings (SSSR count). The molecule has 0 aromatic rings. The van der Waals surface area contributed by atoms with Crippen LogP contribution >= 0.6 is 0 Å². The van der Waals surface area contributed by atoms with Crippen molar-refractivity contribution in [3.63, 3.8) is 0 Å². The first kappa shape index (κ1) is 22.1. The summed E-state index contributed by atoms with van der Waals surface area (Å²) < 4.78 is 11.5. The van der Waals surface area contributed by atoms with E-state index in [1.54, 1.807) is 0 Å². The largest absolute Gasteiger partial charge is 0.462 e. The van der Waals surface area contributed by atoms with Crippen molar-refractivity contribution in [2.24, 2.45) is 23.7 Å². The van der Waals surface area contributed by atoms with Crippen molar-refractivity contribution in [3.05, 3.63) is 23.8 Å². The molecule has 0 unspecified atom stereocenters. The summed E-state index contributed by atoms with van der Waals surface area (Å²) in [5.74, 6) is 0.458. The van der Waals surface area contributed by atoms with Crippen LogP contribution < -0.4 is 0 Å². The molecule has 2 aliphatic carbocycles. The molecular formula is C24H36O5. The van der Waals surface area contributed by atoms with E-state index < -0.39 is 6.10 Å². The van der Waals surface area contributed by atoms with Gasteiger partial charge >= 0.3 is 11.9 Å². The van der Waals surface area contributed by atoms with E-state index in [0.717, 1.165) is 38.5 Å². The molecule has 1 heterocycles. The molecule has 7 atom stereocenters. The zero-order valence-corrected chi connectivity index (χ0v) is 18.0. The smallest absolute Gasteiger partial charge is 0.308 e. The van der Waals surface area contributed by atoms with Crippen LogP contribution in [-0.2, 0) is 19.1 Å². The first-order valence-electron chi connectivity index (χ1n) is 11.3. The lowest BCUT2D eigenvalue weighted by molar-refractivity contribution is -0.162. The van der Waals surface area contributed by atoms with Crippen LogP contribution in [0, 0.1) is 23.7 Å². The third kappa shape index (κ3) is 5.50. The van der Waals surface area contributed by atoms with E-state index in [4.69, 9.17) is 9.47 Å². The minimum absolute atomic E-state index is 0.0625. The molecular weight excluding hydrogens is 368 g/mol. The first-order valence-corrected chi connectivity index (χ1v) is 11.3. The first-order chi connectivity index (χ1) is 13.9. The van der Waals surface area contributed by atoms with Gasteiger partial charge in [0.05, 0.1) is 18.4 Å². The fourth-order valence-electron chi connectivity index (χ4n) is 5.19. The third-order valence-corrected chi connectivity index (χ3v) is 6.79. The minimum atomic E-state index is -0.594. The second kappa shape index (κ2) is 9.92. The van der Waals surface area contributed by atoms with Crippen molar-refractivity contribution >= 4 is 11.9 Å². The third-order valence-electron chi connectivity index (χ3n) is 6.79. The Kier molecular flexibility index (Phi) is 7.55. The van der Waals surface area contributed by atoms with Crippen LogP contribution in [0.5, 0.6) is 0 Å². The van der Waals surface area contributed by atoms with E-state index in [1.165, 1.54) is 5.57 Å². The molecule has 0 aromatic carbocycles. The molecule has 1 aliphatic heterocycles. The monoisotopic (exact) mass is 404 g/mol. The van der Waals surface area contributed by atoms with Crippen molar-refractivity contribution in [2.45, 2.75) is 90.4 Å². The van der Waals surface area contributed by atoms with Gasteiger partial charge in [0, 0.05) is 12.3 Å². The number of carbonyl (C=O) groups excluding carboxylic acids is 2. The summed E-state index contributed by atoms with van der Waals surface area (Å²) in [7, 11) is 0. The number of allylic oxidation sites excluding steroid dienone is 3. The van der Waals surface area contributed by atoms with Crippen LogP contribution in [0.1, 0.15) is 72.1 Å². The average Bonchev–Trinajstić information content (AvgIpc) is 2.67. The molecule has 1 N–H and O–H groups in total. The number of ether oxygens (including phenoxy) is 2. The van der Waals surface area contributed by atoms with Gasteiger partial charge in [0.25, 0.3) is 0 Å². The molecule has 5 nitrogen and oxygen atoms in total. The number of aliphatic hydroxyl groups is 1. The van der Waals surface area contributed by atoms with Gasteiger partial charge in [-0.2, -0.15) is 0 Å². The van der Waals surface area contributed by atoms with Gasteiger partial charge in [-0.05, 0) is 49.5 Å². The summed E-state index contributed by atoms with van der Waals surface area (Å²) in [5, 5.41) is 9.88. The molecule has 0 amide bonds. The second-order valence-electron chi connectivity index (χ2n) is 9.14. The number of hydrogen-bond acceptors (Lipinski definition) is 5. The summed E-state index contributed by atoms with van der Waals surface area (Å²) >= 11 is 0. The van der Waals surface area contributed by atoms with E-state index in [0.29, 0.717) is 18.3 Å². The Morgan fingerprint density at radius 2 is 2.17 bits per heavy atom. The molecule has 29 heavy (non-hydrogen) atoms. The van der Waals surface area contributed by atoms with Gasteiger partial charge in [-0.3, -0.25) is 9.59 Å². The summed E-state index contributed by atoms with van der Waals surface area (Å²) in [6, 6.07) is 0. The number of rotatable bonds is 7. The van der Waals surface area contributed by atoms with Crippen molar-refractivity contribution < 1.29 is 24.2 Å². The number of esters is 2. The normalized spacial score (nSPS) is 35.3. The highest BCUT2D eigenvalue weighted by Gasteiger charge is 2.41. The Balaban J connectivity index is 1.69. The summed E-state index contributed by atoms with van der Waals surface area (Å²) in [4.78, 5) is 24.3. The highest BCUT2D eigenvalue weighted by atomic mass is 16.5. The molecule has 3 aliphatic rings. The lowest BCUT2D eigenvalue weighted by atomic mass is 9.66. The molecule has 5 heteroatoms. The maximum absolute atomic E-state index is 12.6. The Hall–Kier alpha value is -1.62. The van der Waals surface area contributed by atoms with Crippen molar-refractivity contribution in [1.82, 2.24) is 0 Å². The molecule has 0 aromatic heterocycles. The van der Waals surface area contributed by atoms with E-state index in [1.807, 2.05) is 6.92 Å². The van der Waals surface area contributed by atoms with Gasteiger partial charge in [-0.15, -0.1) is 0 Å². The fourth-order valence-corrected chi connectivity index (χ4v) is 5.19. The van der Waals surface area contributed by atoms with Crippen molar-refractivity contribution in [2.75, 3.05) is 0 Å². The molecule has 0 saturated carbocycles. The van der Waals surface area contributed by atoms with Gasteiger partial charge in [-0.25, -0.2) is 0 Å². The fraction of sp³-hybridized carbons (Fsp3) is 0.750. The van der Waals surface area contributed by atoms with E-state index in [9.17, 15) is 14.7 Å². The summed E-state index contributed by atoms with van der Waals surface area (Å²) in [5.41, 5.74) is 1.28. The van der Waals surface area contributed by atoms with Gasteiger partial charge in [0.1, 0.15) is 12.2 Å². The Morgan fingerprint density at radius 3 is 2.90 bits per heavy atom. The number of fused-ring (bicyclic) bond motifs is 1. The standard InChI is InChI=1S/C24H36O5/c1-4-6-16(3)24(27)29-21-8-5-7-17-10-9-15(2)20(23(17)21)12-11-19-13-18(25)14-22(26)28-19/h7,9-10,15-16,18-21,23,25H,4-6,8,11-14H2,1-3H3/t15-,16-,18+,19+,20-,21-,23-/m0/s1. The number of cyclic esters (lactones) is 1. The predicted molar refractivity (Wildman–Crippen MR) is 111 cm³/mol. The summed E-state index contributed by atoms with van der Waals surface area (Å²) in [6.45, 7) is 6.26. The van der Waals surface area contributed by atoms with Crippen LogP contribution in [-0.4, -0.2) is 35.4 Å². The zero-order valence-electron chi connectivity index (χ0n) is 18.0. The lowest BCUT2D eigenvalue weighted by Gasteiger charge is -2.42. The molecule has 162 valence electrons. The van der Waals surface area contributed by atoms with Gasteiger partial charge in [0.15, 0.2) is 0 Å². The van der Waals surface area contributed by atoms with Crippen LogP contribution in [0.4, 0.5) is 0 Å². The molecule has 1 saturated heterocycles. The van der Waals surface area contributed by atoms with Crippen LogP contribution in [0.15, 0.2) is 23.8 Å². The maximum Gasteiger partial charge on any atom is 0.308 e. The van der Waals surface area contributed by atoms with Crippen molar-refractivity contribution in [1.29, 1.82) is 0 Å². The second-order valence-corrected chi connectivity index (χ2v) is 9.14. The van der Waals surface area contributed by atoms with E-state index in [-0.39, 0.29) is 42.4 Å². The summed E-state index contributed by atoms with van der Waals surface area (Å²) in [6.07, 6.45) is 11.7. The predicted octanol–water partition coefficient (Wildman–Crippen LogP) is 4.34. The van der Waals surface area contributed by atoms with Crippen molar-refractivity contribution in [3.8, 4) is 0 Å². The zero-order chi connectivity index (χ0) is 21.0. The Morgan fingerprint density at radius 1 is 1.38 bits per heavy atom. The van der Waals surface area contributed by atoms with Crippen LogP contribution in [0.2, 0.25) is 0 Å². The lowest BCUT2D eigenvalue weighted by Crippen LogP contribution is -2.41. The molecule has 0 spiro atoms. The highest BCUT2D eigenvalue weighted by Crippen LogP contribution is 2.44. The van der Waals surface area contributed by atoms with Gasteiger partial charge in [-0.1, -0.05) is 45.4 Å².